The number of piperidine rings is 1. The Morgan fingerprint density at radius 3 is 2.67 bits per heavy atom. The molecule has 0 radical (unpaired) electrons. The van der Waals surface area contributed by atoms with E-state index in [2.05, 4.69) is 17.1 Å². The van der Waals surface area contributed by atoms with Crippen LogP contribution < -0.4 is 5.32 Å². The van der Waals surface area contributed by atoms with Gasteiger partial charge in [0.25, 0.3) is 0 Å². The molecule has 0 saturated carbocycles. The molecule has 1 N–H and O–H groups in total. The lowest BCUT2D eigenvalue weighted by Gasteiger charge is -2.33. The van der Waals surface area contributed by atoms with Gasteiger partial charge in [-0.1, -0.05) is 6.42 Å². The van der Waals surface area contributed by atoms with Crippen LogP contribution in [0.15, 0.2) is 12.1 Å². The van der Waals surface area contributed by atoms with Crippen LogP contribution in [0.1, 0.15) is 38.2 Å². The third kappa shape index (κ3) is 4.71. The van der Waals surface area contributed by atoms with Crippen molar-refractivity contribution in [1.29, 1.82) is 0 Å². The number of hydrogen-bond acceptors (Lipinski definition) is 2. The van der Waals surface area contributed by atoms with Crippen LogP contribution in [-0.4, -0.2) is 30.6 Å². The van der Waals surface area contributed by atoms with Crippen LogP contribution in [0.4, 0.5) is 13.2 Å². The maximum absolute atomic E-state index is 13.4. The van der Waals surface area contributed by atoms with Gasteiger partial charge >= 0.3 is 0 Å². The molecule has 2 rings (SSSR count). The SMILES string of the molecule is CC1CCCCN1CCCNCc1cc(F)c(F)cc1F. The van der Waals surface area contributed by atoms with Crippen molar-refractivity contribution in [3.05, 3.63) is 35.1 Å². The first-order valence-electron chi connectivity index (χ1n) is 7.66. The minimum absolute atomic E-state index is 0.167. The molecule has 1 saturated heterocycles. The average Bonchev–Trinajstić information content (AvgIpc) is 2.45. The molecule has 1 heterocycles. The van der Waals surface area contributed by atoms with Gasteiger partial charge in [0.2, 0.25) is 0 Å². The summed E-state index contributed by atoms with van der Waals surface area (Å²) in [4.78, 5) is 2.48. The van der Waals surface area contributed by atoms with Crippen LogP contribution in [0.2, 0.25) is 0 Å². The van der Waals surface area contributed by atoms with Gasteiger partial charge in [0.1, 0.15) is 5.82 Å². The fourth-order valence-corrected chi connectivity index (χ4v) is 2.82. The monoisotopic (exact) mass is 300 g/mol. The lowest BCUT2D eigenvalue weighted by atomic mass is 10.0. The summed E-state index contributed by atoms with van der Waals surface area (Å²) in [7, 11) is 0. The summed E-state index contributed by atoms with van der Waals surface area (Å²) in [6.45, 7) is 5.39. The van der Waals surface area contributed by atoms with Crippen molar-refractivity contribution < 1.29 is 13.2 Å². The fraction of sp³-hybridized carbons (Fsp3) is 0.625. The molecule has 0 aromatic heterocycles. The lowest BCUT2D eigenvalue weighted by Crippen LogP contribution is -2.38. The first-order chi connectivity index (χ1) is 10.1. The van der Waals surface area contributed by atoms with E-state index in [1.165, 1.54) is 19.3 Å². The molecule has 0 bridgehead atoms. The van der Waals surface area contributed by atoms with E-state index in [4.69, 9.17) is 0 Å². The molecule has 0 aliphatic carbocycles. The highest BCUT2D eigenvalue weighted by Gasteiger charge is 2.17. The summed E-state index contributed by atoms with van der Waals surface area (Å²) in [5.74, 6) is -2.85. The lowest BCUT2D eigenvalue weighted by molar-refractivity contribution is 0.159. The van der Waals surface area contributed by atoms with Crippen molar-refractivity contribution in [2.75, 3.05) is 19.6 Å². The predicted octanol–water partition coefficient (Wildman–Crippen LogP) is 3.46. The Balaban J connectivity index is 1.69. The van der Waals surface area contributed by atoms with Crippen LogP contribution in [0.3, 0.4) is 0 Å². The minimum atomic E-state index is -1.14. The molecule has 1 aromatic rings. The smallest absolute Gasteiger partial charge is 0.161 e. The van der Waals surface area contributed by atoms with E-state index >= 15 is 0 Å². The van der Waals surface area contributed by atoms with Gasteiger partial charge < -0.3 is 10.2 Å². The van der Waals surface area contributed by atoms with Crippen molar-refractivity contribution in [2.45, 2.75) is 45.2 Å². The maximum Gasteiger partial charge on any atom is 0.161 e. The van der Waals surface area contributed by atoms with E-state index in [-0.39, 0.29) is 12.1 Å². The molecule has 2 nitrogen and oxygen atoms in total. The molecule has 1 aliphatic rings. The third-order valence-corrected chi connectivity index (χ3v) is 4.14. The molecule has 0 spiro atoms. The zero-order chi connectivity index (χ0) is 15.2. The Hall–Kier alpha value is -1.07. The second-order valence-corrected chi connectivity index (χ2v) is 5.77. The molecule has 0 amide bonds. The summed E-state index contributed by atoms with van der Waals surface area (Å²) < 4.78 is 39.3. The van der Waals surface area contributed by atoms with Crippen LogP contribution in [0, 0.1) is 17.5 Å². The summed E-state index contributed by atoms with van der Waals surface area (Å²) >= 11 is 0. The number of nitrogens with one attached hydrogen (secondary N) is 1. The fourth-order valence-electron chi connectivity index (χ4n) is 2.82. The van der Waals surface area contributed by atoms with Gasteiger partial charge in [-0.15, -0.1) is 0 Å². The molecule has 118 valence electrons. The summed E-state index contributed by atoms with van der Waals surface area (Å²) in [6, 6.07) is 2.16. The average molecular weight is 300 g/mol. The second-order valence-electron chi connectivity index (χ2n) is 5.77. The van der Waals surface area contributed by atoms with E-state index in [1.54, 1.807) is 0 Å². The first-order valence-corrected chi connectivity index (χ1v) is 7.66. The van der Waals surface area contributed by atoms with Gasteiger partial charge in [0.15, 0.2) is 11.6 Å². The molecule has 1 unspecified atom stereocenters. The first kappa shape index (κ1) is 16.3. The van der Waals surface area contributed by atoms with E-state index in [0.717, 1.165) is 32.1 Å². The van der Waals surface area contributed by atoms with Crippen LogP contribution >= 0.6 is 0 Å². The Kier molecular flexibility index (Phi) is 6.06. The Bertz CT molecular complexity index is 465. The molecule has 21 heavy (non-hydrogen) atoms. The van der Waals surface area contributed by atoms with Gasteiger partial charge in [-0.05, 0) is 51.9 Å². The number of nitrogens with zero attached hydrogens (tertiary/aromatic N) is 1. The van der Waals surface area contributed by atoms with Crippen molar-refractivity contribution >= 4 is 0 Å². The van der Waals surface area contributed by atoms with Crippen molar-refractivity contribution in [3.8, 4) is 0 Å². The number of likely N-dealkylation sites (tertiary alicyclic amines) is 1. The third-order valence-electron chi connectivity index (χ3n) is 4.14. The molecule has 1 atom stereocenters. The number of hydrogen-bond donors (Lipinski definition) is 1. The highest BCUT2D eigenvalue weighted by atomic mass is 19.2. The predicted molar refractivity (Wildman–Crippen MR) is 77.5 cm³/mol. The topological polar surface area (TPSA) is 15.3 Å². The van der Waals surface area contributed by atoms with E-state index < -0.39 is 17.5 Å². The van der Waals surface area contributed by atoms with E-state index in [1.807, 2.05) is 0 Å². The van der Waals surface area contributed by atoms with Crippen LogP contribution in [0.5, 0.6) is 0 Å². The van der Waals surface area contributed by atoms with Gasteiger partial charge in [-0.3, -0.25) is 0 Å². The summed E-state index contributed by atoms with van der Waals surface area (Å²) in [5, 5.41) is 3.09. The maximum atomic E-state index is 13.4. The summed E-state index contributed by atoms with van der Waals surface area (Å²) in [6.07, 6.45) is 4.80. The Morgan fingerprint density at radius 2 is 1.90 bits per heavy atom. The Morgan fingerprint density at radius 1 is 1.14 bits per heavy atom. The van der Waals surface area contributed by atoms with Crippen LogP contribution in [-0.2, 0) is 6.54 Å². The largest absolute Gasteiger partial charge is 0.313 e. The zero-order valence-electron chi connectivity index (χ0n) is 12.5. The highest BCUT2D eigenvalue weighted by Crippen LogP contribution is 2.16. The molecule has 1 aromatic carbocycles. The second kappa shape index (κ2) is 7.80. The van der Waals surface area contributed by atoms with Gasteiger partial charge in [0, 0.05) is 24.2 Å². The minimum Gasteiger partial charge on any atom is -0.313 e. The van der Waals surface area contributed by atoms with E-state index in [0.29, 0.717) is 12.1 Å². The van der Waals surface area contributed by atoms with Gasteiger partial charge in [-0.2, -0.15) is 0 Å². The van der Waals surface area contributed by atoms with Crippen molar-refractivity contribution in [2.24, 2.45) is 0 Å². The highest BCUT2D eigenvalue weighted by molar-refractivity contribution is 5.19. The Labute approximate surface area is 124 Å². The molecule has 5 heteroatoms. The number of halogens is 3. The van der Waals surface area contributed by atoms with E-state index in [9.17, 15) is 13.2 Å². The van der Waals surface area contributed by atoms with Crippen LogP contribution in [0.25, 0.3) is 0 Å². The zero-order valence-corrected chi connectivity index (χ0v) is 12.5. The van der Waals surface area contributed by atoms with Crippen molar-refractivity contribution in [1.82, 2.24) is 10.2 Å². The van der Waals surface area contributed by atoms with Gasteiger partial charge in [0.05, 0.1) is 0 Å². The normalized spacial score (nSPS) is 19.9. The molecule has 1 fully saturated rings. The van der Waals surface area contributed by atoms with Gasteiger partial charge in [-0.25, -0.2) is 13.2 Å². The summed E-state index contributed by atoms with van der Waals surface area (Å²) in [5.41, 5.74) is 0.167. The number of rotatable bonds is 6. The quantitative estimate of drug-likeness (QED) is 0.639. The molecular formula is C16H23F3N2. The molecular weight excluding hydrogens is 277 g/mol. The van der Waals surface area contributed by atoms with Crippen molar-refractivity contribution in [3.63, 3.8) is 0 Å². The number of benzene rings is 1. The standard InChI is InChI=1S/C16H23F3N2/c1-12-5-2-3-7-21(12)8-4-6-20-11-13-9-15(18)16(19)10-14(13)17/h9-10,12,20H,2-8,11H2,1H3. The molecule has 1 aliphatic heterocycles.